The molecule has 0 fully saturated rings. The van der Waals surface area contributed by atoms with Crippen molar-refractivity contribution in [2.24, 2.45) is 0 Å². The highest BCUT2D eigenvalue weighted by Crippen LogP contribution is 2.35. The van der Waals surface area contributed by atoms with E-state index in [1.807, 2.05) is 67.7 Å². The maximum Gasteiger partial charge on any atom is 0.252 e. The minimum absolute atomic E-state index is 0.0991. The topological polar surface area (TPSA) is 54.5 Å². The highest BCUT2D eigenvalue weighted by atomic mass is 16.5. The van der Waals surface area contributed by atoms with Crippen molar-refractivity contribution in [3.05, 3.63) is 168 Å². The third-order valence-corrected chi connectivity index (χ3v) is 8.53. The first-order valence-electron chi connectivity index (χ1n) is 16.6. The average molecular weight is 632 g/mol. The van der Waals surface area contributed by atoms with Crippen LogP contribution in [0.2, 0.25) is 0 Å². The summed E-state index contributed by atoms with van der Waals surface area (Å²) in [5, 5.41) is 3.96. The summed E-state index contributed by atoms with van der Waals surface area (Å²) in [7, 11) is 2.04. The first-order chi connectivity index (χ1) is 23.6. The minimum atomic E-state index is -0.0991. The number of hydrogen-bond donors (Lipinski definition) is 1. The molecule has 0 saturated carbocycles. The number of amides is 1. The number of hydrogen-bond acceptors (Lipinski definition) is 4. The third-order valence-electron chi connectivity index (χ3n) is 8.53. The summed E-state index contributed by atoms with van der Waals surface area (Å²) in [6.45, 7) is 4.72. The third kappa shape index (κ3) is 7.88. The largest absolute Gasteiger partial charge is 0.492 e. The quantitative estimate of drug-likeness (QED) is 0.129. The van der Waals surface area contributed by atoms with E-state index >= 15 is 0 Å². The van der Waals surface area contributed by atoms with Crippen molar-refractivity contribution in [2.45, 2.75) is 13.3 Å². The SMILES string of the molecule is CC/C(=C(/c1ccccc1)c1ccc(OCCN(C)CCNC(=O)c2cc(-c3ccccc3)nc3ccccc23)cc1)c1ccccc1. The molecule has 0 bridgehead atoms. The van der Waals surface area contributed by atoms with Crippen molar-refractivity contribution in [3.8, 4) is 17.0 Å². The van der Waals surface area contributed by atoms with Gasteiger partial charge in [-0.05, 0) is 65.6 Å². The number of carbonyl (C=O) groups is 1. The van der Waals surface area contributed by atoms with Crippen LogP contribution in [0.5, 0.6) is 5.75 Å². The predicted octanol–water partition coefficient (Wildman–Crippen LogP) is 9.01. The number of allylic oxidation sites excluding steroid dienone is 1. The van der Waals surface area contributed by atoms with E-state index in [0.29, 0.717) is 25.3 Å². The summed E-state index contributed by atoms with van der Waals surface area (Å²) in [6.07, 6.45) is 0.924. The summed E-state index contributed by atoms with van der Waals surface area (Å²) in [6, 6.07) is 49.3. The fraction of sp³-hybridized carbons (Fsp3) is 0.163. The van der Waals surface area contributed by atoms with E-state index in [1.54, 1.807) is 0 Å². The zero-order valence-electron chi connectivity index (χ0n) is 27.6. The highest BCUT2D eigenvalue weighted by molar-refractivity contribution is 6.07. The summed E-state index contributed by atoms with van der Waals surface area (Å²) in [4.78, 5) is 20.3. The van der Waals surface area contributed by atoms with Crippen molar-refractivity contribution in [3.63, 3.8) is 0 Å². The molecule has 1 amide bonds. The number of ether oxygens (including phenoxy) is 1. The number of para-hydroxylation sites is 1. The number of aromatic nitrogens is 1. The summed E-state index contributed by atoms with van der Waals surface area (Å²) in [5.74, 6) is 0.738. The zero-order valence-corrected chi connectivity index (χ0v) is 27.6. The lowest BCUT2D eigenvalue weighted by Crippen LogP contribution is -2.34. The Balaban J connectivity index is 1.05. The van der Waals surface area contributed by atoms with Gasteiger partial charge in [-0.3, -0.25) is 4.79 Å². The van der Waals surface area contributed by atoms with E-state index in [-0.39, 0.29) is 5.91 Å². The molecule has 5 aromatic carbocycles. The van der Waals surface area contributed by atoms with Crippen LogP contribution in [-0.4, -0.2) is 49.1 Å². The second kappa shape index (κ2) is 15.9. The van der Waals surface area contributed by atoms with E-state index < -0.39 is 0 Å². The van der Waals surface area contributed by atoms with Crippen molar-refractivity contribution in [1.29, 1.82) is 0 Å². The maximum absolute atomic E-state index is 13.3. The van der Waals surface area contributed by atoms with Crippen LogP contribution in [0.1, 0.15) is 40.4 Å². The van der Waals surface area contributed by atoms with Gasteiger partial charge in [-0.1, -0.05) is 128 Å². The molecule has 1 heterocycles. The van der Waals surface area contributed by atoms with Gasteiger partial charge in [0.05, 0.1) is 16.8 Å². The molecule has 0 saturated heterocycles. The van der Waals surface area contributed by atoms with Gasteiger partial charge in [0.15, 0.2) is 0 Å². The van der Waals surface area contributed by atoms with Crippen LogP contribution >= 0.6 is 0 Å². The number of pyridine rings is 1. The molecule has 0 aliphatic heterocycles. The Morgan fingerprint density at radius 1 is 0.708 bits per heavy atom. The molecule has 6 aromatic rings. The minimum Gasteiger partial charge on any atom is -0.492 e. The van der Waals surface area contributed by atoms with E-state index in [9.17, 15) is 4.79 Å². The van der Waals surface area contributed by atoms with E-state index in [1.165, 1.54) is 27.8 Å². The molecule has 6 rings (SSSR count). The number of likely N-dealkylation sites (N-methyl/N-ethyl adjacent to an activating group) is 1. The number of benzene rings is 5. The fourth-order valence-electron chi connectivity index (χ4n) is 6.01. The Labute approximate surface area is 283 Å². The molecule has 0 spiro atoms. The lowest BCUT2D eigenvalue weighted by Gasteiger charge is -2.18. The lowest BCUT2D eigenvalue weighted by molar-refractivity contribution is 0.0951. The van der Waals surface area contributed by atoms with Gasteiger partial charge < -0.3 is 15.0 Å². The van der Waals surface area contributed by atoms with Crippen LogP contribution in [0.15, 0.2) is 146 Å². The van der Waals surface area contributed by atoms with Crippen LogP contribution in [0.3, 0.4) is 0 Å². The molecular weight excluding hydrogens is 590 g/mol. The molecule has 0 unspecified atom stereocenters. The number of carbonyl (C=O) groups excluding carboxylic acids is 1. The normalized spacial score (nSPS) is 11.7. The van der Waals surface area contributed by atoms with Crippen LogP contribution in [0.4, 0.5) is 0 Å². The van der Waals surface area contributed by atoms with Crippen LogP contribution < -0.4 is 10.1 Å². The van der Waals surface area contributed by atoms with Gasteiger partial charge in [-0.15, -0.1) is 0 Å². The Hall–Kier alpha value is -5.52. The molecule has 5 heteroatoms. The maximum atomic E-state index is 13.3. The van der Waals surface area contributed by atoms with Gasteiger partial charge in [0, 0.05) is 30.6 Å². The van der Waals surface area contributed by atoms with Crippen molar-refractivity contribution in [2.75, 3.05) is 33.3 Å². The van der Waals surface area contributed by atoms with Crippen LogP contribution in [-0.2, 0) is 0 Å². The van der Waals surface area contributed by atoms with Gasteiger partial charge in [0.25, 0.3) is 5.91 Å². The number of fused-ring (bicyclic) bond motifs is 1. The van der Waals surface area contributed by atoms with Gasteiger partial charge in [0.2, 0.25) is 0 Å². The molecule has 5 nitrogen and oxygen atoms in total. The van der Waals surface area contributed by atoms with Gasteiger partial charge in [0.1, 0.15) is 12.4 Å². The zero-order chi connectivity index (χ0) is 33.1. The number of nitrogens with zero attached hydrogens (tertiary/aromatic N) is 2. The Morgan fingerprint density at radius 2 is 1.31 bits per heavy atom. The van der Waals surface area contributed by atoms with Crippen LogP contribution in [0, 0.1) is 0 Å². The number of rotatable bonds is 13. The lowest BCUT2D eigenvalue weighted by atomic mass is 9.88. The van der Waals surface area contributed by atoms with E-state index in [4.69, 9.17) is 9.72 Å². The molecule has 1 aromatic heterocycles. The average Bonchev–Trinajstić information content (AvgIpc) is 3.14. The molecule has 0 aliphatic carbocycles. The van der Waals surface area contributed by atoms with Crippen LogP contribution in [0.25, 0.3) is 33.3 Å². The molecule has 1 N–H and O–H groups in total. The fourth-order valence-corrected chi connectivity index (χ4v) is 6.01. The predicted molar refractivity (Wildman–Crippen MR) is 198 cm³/mol. The second-order valence-corrected chi connectivity index (χ2v) is 11.8. The Morgan fingerprint density at radius 3 is 2.00 bits per heavy atom. The van der Waals surface area contributed by atoms with Crippen molar-refractivity contribution < 1.29 is 9.53 Å². The second-order valence-electron chi connectivity index (χ2n) is 11.8. The van der Waals surface area contributed by atoms with Gasteiger partial charge >= 0.3 is 0 Å². The molecule has 0 radical (unpaired) electrons. The number of nitrogens with one attached hydrogen (secondary N) is 1. The Kier molecular flexibility index (Phi) is 10.7. The molecule has 0 atom stereocenters. The standard InChI is InChI=1S/C43H41N3O2/c1-3-37(32-15-7-4-8-16-32)42(34-19-11-6-12-20-34)35-23-25-36(26-24-35)48-30-29-46(2)28-27-44-43(47)39-31-41(33-17-9-5-10-18-33)45-40-22-14-13-21-38(39)40/h4-26,31H,3,27-30H2,1-2H3,(H,44,47)/b42-37+. The van der Waals surface area contributed by atoms with Gasteiger partial charge in [-0.25, -0.2) is 4.98 Å². The first kappa shape index (κ1) is 32.4. The summed E-state index contributed by atoms with van der Waals surface area (Å²) in [5.41, 5.74) is 9.38. The van der Waals surface area contributed by atoms with E-state index in [0.717, 1.165) is 40.9 Å². The van der Waals surface area contributed by atoms with Crippen molar-refractivity contribution >= 4 is 28.0 Å². The Bertz CT molecular complexity index is 1970. The van der Waals surface area contributed by atoms with Gasteiger partial charge in [-0.2, -0.15) is 0 Å². The highest BCUT2D eigenvalue weighted by Gasteiger charge is 2.15. The summed E-state index contributed by atoms with van der Waals surface area (Å²) < 4.78 is 6.14. The molecule has 240 valence electrons. The first-order valence-corrected chi connectivity index (χ1v) is 16.6. The van der Waals surface area contributed by atoms with Crippen molar-refractivity contribution in [1.82, 2.24) is 15.2 Å². The van der Waals surface area contributed by atoms with E-state index in [2.05, 4.69) is 102 Å². The smallest absolute Gasteiger partial charge is 0.252 e. The molecule has 48 heavy (non-hydrogen) atoms. The molecule has 0 aliphatic rings. The summed E-state index contributed by atoms with van der Waals surface area (Å²) >= 11 is 0. The monoisotopic (exact) mass is 631 g/mol. The molecular formula is C43H41N3O2.